The fraction of sp³-hybridized carbons (Fsp3) is 0.154. The summed E-state index contributed by atoms with van der Waals surface area (Å²) in [7, 11) is -2.22. The maximum absolute atomic E-state index is 12.5. The van der Waals surface area contributed by atoms with E-state index in [1.165, 1.54) is 23.5 Å². The highest BCUT2D eigenvalue weighted by molar-refractivity contribution is 7.89. The van der Waals surface area contributed by atoms with Crippen LogP contribution in [0.15, 0.2) is 47.6 Å². The highest BCUT2D eigenvalue weighted by Gasteiger charge is 2.24. The lowest BCUT2D eigenvalue weighted by Crippen LogP contribution is -2.26. The average molecular weight is 331 g/mol. The molecule has 0 spiro atoms. The van der Waals surface area contributed by atoms with Gasteiger partial charge in [0.05, 0.1) is 5.02 Å². The maximum Gasteiger partial charge on any atom is 0.244 e. The number of nitrogens with zero attached hydrogens (tertiary/aromatic N) is 2. The number of aromatic nitrogens is 1. The van der Waals surface area contributed by atoms with Gasteiger partial charge in [-0.15, -0.1) is 0 Å². The summed E-state index contributed by atoms with van der Waals surface area (Å²) in [5.41, 5.74) is 0.789. The van der Waals surface area contributed by atoms with Gasteiger partial charge >= 0.3 is 0 Å². The molecule has 1 aromatic carbocycles. The van der Waals surface area contributed by atoms with Crippen molar-refractivity contribution in [2.24, 2.45) is 0 Å². The van der Waals surface area contributed by atoms with Crippen molar-refractivity contribution in [3.63, 3.8) is 0 Å². The van der Waals surface area contributed by atoms with E-state index >= 15 is 0 Å². The maximum atomic E-state index is 12.5. The highest BCUT2D eigenvalue weighted by atomic mass is 35.5. The Balaban J connectivity index is 2.32. The first kappa shape index (κ1) is 15.3. The molecule has 0 atom stereocenters. The second-order valence-corrected chi connectivity index (χ2v) is 7.05. The zero-order valence-corrected chi connectivity index (χ0v) is 13.0. The summed E-state index contributed by atoms with van der Waals surface area (Å²) in [4.78, 5) is 3.95. The Kier molecular flexibility index (Phi) is 4.65. The molecule has 0 aliphatic rings. The lowest BCUT2D eigenvalue weighted by Gasteiger charge is -2.18. The Morgan fingerprint density at radius 3 is 2.65 bits per heavy atom. The molecule has 4 nitrogen and oxygen atoms in total. The average Bonchev–Trinajstić information content (AvgIpc) is 2.42. The second-order valence-electron chi connectivity index (χ2n) is 4.20. The minimum Gasteiger partial charge on any atom is -0.264 e. The molecule has 0 bridgehead atoms. The summed E-state index contributed by atoms with van der Waals surface area (Å²) in [5, 5.41) is 0.468. The van der Waals surface area contributed by atoms with E-state index in [2.05, 4.69) is 4.98 Å². The molecule has 7 heteroatoms. The van der Waals surface area contributed by atoms with Crippen LogP contribution in [0.4, 0.5) is 0 Å². The second kappa shape index (κ2) is 6.10. The van der Waals surface area contributed by atoms with Crippen LogP contribution < -0.4 is 0 Å². The smallest absolute Gasteiger partial charge is 0.244 e. The number of benzene rings is 1. The van der Waals surface area contributed by atoms with Crippen LogP contribution in [0.2, 0.25) is 10.0 Å². The first-order valence-corrected chi connectivity index (χ1v) is 7.91. The van der Waals surface area contributed by atoms with Crippen molar-refractivity contribution in [3.05, 3.63) is 58.3 Å². The largest absolute Gasteiger partial charge is 0.264 e. The van der Waals surface area contributed by atoms with Crippen molar-refractivity contribution < 1.29 is 8.42 Å². The molecule has 0 saturated heterocycles. The van der Waals surface area contributed by atoms with Gasteiger partial charge in [0.2, 0.25) is 10.0 Å². The summed E-state index contributed by atoms with van der Waals surface area (Å²) < 4.78 is 26.2. The molecule has 2 aromatic rings. The van der Waals surface area contributed by atoms with Crippen LogP contribution >= 0.6 is 23.2 Å². The van der Waals surface area contributed by atoms with E-state index in [1.807, 2.05) is 0 Å². The van der Waals surface area contributed by atoms with Gasteiger partial charge in [-0.3, -0.25) is 4.98 Å². The zero-order chi connectivity index (χ0) is 14.8. The Labute approximate surface area is 128 Å². The van der Waals surface area contributed by atoms with Gasteiger partial charge < -0.3 is 0 Å². The van der Waals surface area contributed by atoms with Gasteiger partial charge in [-0.05, 0) is 29.8 Å². The van der Waals surface area contributed by atoms with Crippen LogP contribution in [0.5, 0.6) is 0 Å². The molecule has 0 aliphatic heterocycles. The van der Waals surface area contributed by atoms with E-state index in [9.17, 15) is 8.42 Å². The molecule has 1 heterocycles. The molecular formula is C13H12Cl2N2O2S. The molecule has 0 unspecified atom stereocenters. The number of rotatable bonds is 4. The number of halogens is 2. The van der Waals surface area contributed by atoms with Crippen LogP contribution in [0.25, 0.3) is 0 Å². The van der Waals surface area contributed by atoms with E-state index in [4.69, 9.17) is 23.2 Å². The van der Waals surface area contributed by atoms with E-state index in [0.29, 0.717) is 5.02 Å². The van der Waals surface area contributed by atoms with Crippen LogP contribution in [0.3, 0.4) is 0 Å². The van der Waals surface area contributed by atoms with E-state index in [-0.39, 0.29) is 16.5 Å². The SMILES string of the molecule is CN(Cc1cccnc1)S(=O)(=O)c1cc(Cl)ccc1Cl. The quantitative estimate of drug-likeness (QED) is 0.864. The Morgan fingerprint density at radius 1 is 1.25 bits per heavy atom. The third-order valence-corrected chi connectivity index (χ3v) is 5.23. The monoisotopic (exact) mass is 330 g/mol. The van der Waals surface area contributed by atoms with Crippen LogP contribution in [0.1, 0.15) is 5.56 Å². The Hall–Kier alpha value is -1.14. The number of sulfonamides is 1. The summed E-state index contributed by atoms with van der Waals surface area (Å²) in [5.74, 6) is 0. The summed E-state index contributed by atoms with van der Waals surface area (Å²) >= 11 is 11.8. The van der Waals surface area contributed by atoms with E-state index in [0.717, 1.165) is 5.56 Å². The first-order valence-electron chi connectivity index (χ1n) is 5.71. The molecule has 1 aromatic heterocycles. The molecule has 2 rings (SSSR count). The number of hydrogen-bond donors (Lipinski definition) is 0. The minimum absolute atomic E-state index is 0.00180. The Bertz CT molecular complexity index is 706. The molecule has 0 aliphatic carbocycles. The fourth-order valence-electron chi connectivity index (χ4n) is 1.68. The van der Waals surface area contributed by atoms with E-state index < -0.39 is 10.0 Å². The first-order chi connectivity index (χ1) is 9.41. The zero-order valence-electron chi connectivity index (χ0n) is 10.6. The predicted molar refractivity (Wildman–Crippen MR) is 79.4 cm³/mol. The van der Waals surface area contributed by atoms with Gasteiger partial charge in [0.15, 0.2) is 0 Å². The summed E-state index contributed by atoms with van der Waals surface area (Å²) in [6.07, 6.45) is 3.25. The molecule has 0 N–H and O–H groups in total. The molecular weight excluding hydrogens is 319 g/mol. The predicted octanol–water partition coefficient (Wildman–Crippen LogP) is 3.21. The van der Waals surface area contributed by atoms with Crippen molar-refractivity contribution in [3.8, 4) is 0 Å². The van der Waals surface area contributed by atoms with Gasteiger partial charge in [0, 0.05) is 31.0 Å². The van der Waals surface area contributed by atoms with Gasteiger partial charge in [-0.2, -0.15) is 4.31 Å². The molecule has 106 valence electrons. The molecule has 0 fully saturated rings. The van der Waals surface area contributed by atoms with Gasteiger partial charge in [-0.1, -0.05) is 29.3 Å². The van der Waals surface area contributed by atoms with Crippen molar-refractivity contribution in [2.75, 3.05) is 7.05 Å². The summed E-state index contributed by atoms with van der Waals surface area (Å²) in [6, 6.07) is 7.92. The normalized spacial score (nSPS) is 11.8. The van der Waals surface area contributed by atoms with Crippen molar-refractivity contribution in [1.82, 2.24) is 9.29 Å². The van der Waals surface area contributed by atoms with Crippen LogP contribution in [-0.2, 0) is 16.6 Å². The van der Waals surface area contributed by atoms with E-state index in [1.54, 1.807) is 30.6 Å². The van der Waals surface area contributed by atoms with Crippen LogP contribution in [0, 0.1) is 0 Å². The van der Waals surface area contributed by atoms with Crippen molar-refractivity contribution in [1.29, 1.82) is 0 Å². The van der Waals surface area contributed by atoms with Gasteiger partial charge in [0.25, 0.3) is 0 Å². The van der Waals surface area contributed by atoms with Crippen LogP contribution in [-0.4, -0.2) is 24.8 Å². The molecule has 0 saturated carbocycles. The van der Waals surface area contributed by atoms with Gasteiger partial charge in [-0.25, -0.2) is 8.42 Å². The van der Waals surface area contributed by atoms with Crippen molar-refractivity contribution >= 4 is 33.2 Å². The van der Waals surface area contributed by atoms with Crippen molar-refractivity contribution in [2.45, 2.75) is 11.4 Å². The third kappa shape index (κ3) is 3.30. The molecule has 0 radical (unpaired) electrons. The highest BCUT2D eigenvalue weighted by Crippen LogP contribution is 2.27. The fourth-order valence-corrected chi connectivity index (χ4v) is 3.57. The standard InChI is InChI=1S/C13H12Cl2N2O2S/c1-17(9-10-3-2-6-16-8-10)20(18,19)13-7-11(14)4-5-12(13)15/h2-8H,9H2,1H3. The lowest BCUT2D eigenvalue weighted by molar-refractivity contribution is 0.466. The topological polar surface area (TPSA) is 50.3 Å². The third-order valence-electron chi connectivity index (χ3n) is 2.71. The number of hydrogen-bond acceptors (Lipinski definition) is 3. The van der Waals surface area contributed by atoms with Gasteiger partial charge in [0.1, 0.15) is 4.90 Å². The molecule has 0 amide bonds. The minimum atomic E-state index is -3.70. The molecule has 20 heavy (non-hydrogen) atoms. The lowest BCUT2D eigenvalue weighted by atomic mass is 10.3. The number of pyridine rings is 1. The summed E-state index contributed by atoms with van der Waals surface area (Å²) in [6.45, 7) is 0.207. The Morgan fingerprint density at radius 2 is 2.00 bits per heavy atom.